The van der Waals surface area contributed by atoms with Crippen LogP contribution in [0.15, 0.2) is 48.5 Å². The smallest absolute Gasteiger partial charge is 0.265 e. The lowest BCUT2D eigenvalue weighted by Gasteiger charge is -2.29. The zero-order valence-electron chi connectivity index (χ0n) is 15.1. The molecule has 26 heavy (non-hydrogen) atoms. The number of ether oxygens (including phenoxy) is 1. The molecule has 0 saturated carbocycles. The first-order valence-corrected chi connectivity index (χ1v) is 8.60. The van der Waals surface area contributed by atoms with E-state index < -0.39 is 0 Å². The fourth-order valence-electron chi connectivity index (χ4n) is 2.81. The van der Waals surface area contributed by atoms with Gasteiger partial charge in [0.15, 0.2) is 6.61 Å². The number of rotatable bonds is 6. The van der Waals surface area contributed by atoms with Crippen LogP contribution < -0.4 is 19.9 Å². The number of anilines is 2. The van der Waals surface area contributed by atoms with Crippen molar-refractivity contribution >= 4 is 23.2 Å². The van der Waals surface area contributed by atoms with Crippen LogP contribution >= 0.6 is 0 Å². The van der Waals surface area contributed by atoms with E-state index in [9.17, 15) is 9.59 Å². The number of hydrogen-bond acceptors (Lipinski definition) is 4. The topological polar surface area (TPSA) is 61.9 Å². The average molecular weight is 353 g/mol. The van der Waals surface area contributed by atoms with Gasteiger partial charge < -0.3 is 19.9 Å². The van der Waals surface area contributed by atoms with Crippen molar-refractivity contribution < 1.29 is 14.3 Å². The monoisotopic (exact) mass is 353 g/mol. The Kier molecular flexibility index (Phi) is 5.41. The fraction of sp³-hybridized carbons (Fsp3) is 0.300. The summed E-state index contributed by atoms with van der Waals surface area (Å²) in [7, 11) is 3.98. The molecule has 0 atom stereocenters. The van der Waals surface area contributed by atoms with Gasteiger partial charge in [0, 0.05) is 39.3 Å². The first-order valence-electron chi connectivity index (χ1n) is 8.60. The molecule has 1 N–H and O–H groups in total. The van der Waals surface area contributed by atoms with E-state index in [2.05, 4.69) is 5.32 Å². The van der Waals surface area contributed by atoms with Crippen LogP contribution in [0.1, 0.15) is 12.0 Å². The van der Waals surface area contributed by atoms with E-state index in [0.29, 0.717) is 18.8 Å². The van der Waals surface area contributed by atoms with E-state index in [-0.39, 0.29) is 24.8 Å². The number of benzene rings is 2. The van der Waals surface area contributed by atoms with Crippen molar-refractivity contribution in [3.05, 3.63) is 54.1 Å². The standard InChI is InChI=1S/C20H23N3O3/c1-22(2)16-9-7-15(8-10-16)13-21-19(24)11-12-23-17-5-3-4-6-18(17)26-14-20(23)25/h3-10H,11-14H2,1-2H3,(H,21,24). The highest BCUT2D eigenvalue weighted by atomic mass is 16.5. The number of fused-ring (bicyclic) bond motifs is 1. The van der Waals surface area contributed by atoms with Crippen molar-refractivity contribution in [2.45, 2.75) is 13.0 Å². The summed E-state index contributed by atoms with van der Waals surface area (Å²) in [5.41, 5.74) is 2.87. The fourth-order valence-corrected chi connectivity index (χ4v) is 2.81. The molecule has 0 radical (unpaired) electrons. The second-order valence-corrected chi connectivity index (χ2v) is 6.39. The van der Waals surface area contributed by atoms with Gasteiger partial charge in [-0.3, -0.25) is 9.59 Å². The lowest BCUT2D eigenvalue weighted by molar-refractivity contribution is -0.122. The van der Waals surface area contributed by atoms with Crippen molar-refractivity contribution in [1.82, 2.24) is 5.32 Å². The van der Waals surface area contributed by atoms with Gasteiger partial charge in [0.25, 0.3) is 5.91 Å². The van der Waals surface area contributed by atoms with Crippen LogP contribution in [0.2, 0.25) is 0 Å². The third kappa shape index (κ3) is 4.14. The summed E-state index contributed by atoms with van der Waals surface area (Å²) in [6, 6.07) is 15.4. The molecular formula is C20H23N3O3. The Morgan fingerprint density at radius 3 is 2.62 bits per heavy atom. The normalized spacial score (nSPS) is 13.0. The third-order valence-corrected chi connectivity index (χ3v) is 4.31. The molecule has 0 bridgehead atoms. The molecule has 0 spiro atoms. The summed E-state index contributed by atoms with van der Waals surface area (Å²) in [6.07, 6.45) is 0.246. The highest BCUT2D eigenvalue weighted by Gasteiger charge is 2.25. The van der Waals surface area contributed by atoms with Crippen LogP contribution in [0.4, 0.5) is 11.4 Å². The van der Waals surface area contributed by atoms with Crippen molar-refractivity contribution in [2.75, 3.05) is 37.0 Å². The third-order valence-electron chi connectivity index (χ3n) is 4.31. The van der Waals surface area contributed by atoms with Gasteiger partial charge in [-0.15, -0.1) is 0 Å². The summed E-state index contributed by atoms with van der Waals surface area (Å²) in [5.74, 6) is 0.461. The number of amides is 2. The van der Waals surface area contributed by atoms with Gasteiger partial charge in [-0.05, 0) is 29.8 Å². The van der Waals surface area contributed by atoms with Crippen molar-refractivity contribution in [2.24, 2.45) is 0 Å². The van der Waals surface area contributed by atoms with E-state index in [1.165, 1.54) is 0 Å². The van der Waals surface area contributed by atoms with Gasteiger partial charge in [-0.1, -0.05) is 24.3 Å². The van der Waals surface area contributed by atoms with Crippen LogP contribution in [0.5, 0.6) is 5.75 Å². The summed E-state index contributed by atoms with van der Waals surface area (Å²) in [5, 5.41) is 2.90. The molecule has 2 aromatic carbocycles. The highest BCUT2D eigenvalue weighted by Crippen LogP contribution is 2.31. The Morgan fingerprint density at radius 1 is 1.15 bits per heavy atom. The highest BCUT2D eigenvalue weighted by molar-refractivity contribution is 5.98. The number of nitrogens with zero attached hydrogens (tertiary/aromatic N) is 2. The Hall–Kier alpha value is -3.02. The molecule has 1 aliphatic rings. The van der Waals surface area contributed by atoms with E-state index in [1.807, 2.05) is 67.5 Å². The van der Waals surface area contributed by atoms with Crippen LogP contribution in [0, 0.1) is 0 Å². The Bertz CT molecular complexity index is 787. The molecule has 0 fully saturated rings. The molecule has 2 amide bonds. The molecule has 2 aromatic rings. The lowest BCUT2D eigenvalue weighted by atomic mass is 10.2. The second-order valence-electron chi connectivity index (χ2n) is 6.39. The summed E-state index contributed by atoms with van der Waals surface area (Å²) in [6.45, 7) is 0.821. The minimum Gasteiger partial charge on any atom is -0.482 e. The molecule has 0 saturated heterocycles. The Labute approximate surface area is 153 Å². The molecule has 136 valence electrons. The zero-order chi connectivity index (χ0) is 18.5. The minimum absolute atomic E-state index is 0.0108. The first kappa shape index (κ1) is 17.8. The molecule has 6 heteroatoms. The van der Waals surface area contributed by atoms with Crippen molar-refractivity contribution in [3.8, 4) is 5.75 Å². The Balaban J connectivity index is 1.52. The largest absolute Gasteiger partial charge is 0.482 e. The average Bonchev–Trinajstić information content (AvgIpc) is 2.66. The van der Waals surface area contributed by atoms with Crippen molar-refractivity contribution in [3.63, 3.8) is 0 Å². The van der Waals surface area contributed by atoms with E-state index in [0.717, 1.165) is 16.9 Å². The SMILES string of the molecule is CN(C)c1ccc(CNC(=O)CCN2C(=O)COc3ccccc32)cc1. The molecule has 3 rings (SSSR count). The second kappa shape index (κ2) is 7.91. The summed E-state index contributed by atoms with van der Waals surface area (Å²) >= 11 is 0. The van der Waals surface area contributed by atoms with Gasteiger partial charge >= 0.3 is 0 Å². The Morgan fingerprint density at radius 2 is 1.88 bits per heavy atom. The van der Waals surface area contributed by atoms with Gasteiger partial charge in [-0.2, -0.15) is 0 Å². The molecule has 6 nitrogen and oxygen atoms in total. The van der Waals surface area contributed by atoms with Gasteiger partial charge in [0.1, 0.15) is 5.75 Å². The lowest BCUT2D eigenvalue weighted by Crippen LogP contribution is -2.41. The predicted molar refractivity (Wildman–Crippen MR) is 102 cm³/mol. The van der Waals surface area contributed by atoms with Crippen LogP contribution in [0.25, 0.3) is 0 Å². The predicted octanol–water partition coefficient (Wildman–Crippen LogP) is 2.18. The first-order chi connectivity index (χ1) is 12.5. The van der Waals surface area contributed by atoms with Gasteiger partial charge in [0.05, 0.1) is 5.69 Å². The molecule has 0 unspecified atom stereocenters. The van der Waals surface area contributed by atoms with E-state index in [1.54, 1.807) is 4.90 Å². The van der Waals surface area contributed by atoms with Gasteiger partial charge in [-0.25, -0.2) is 0 Å². The molecule has 0 aliphatic carbocycles. The van der Waals surface area contributed by atoms with Crippen molar-refractivity contribution in [1.29, 1.82) is 0 Å². The maximum absolute atomic E-state index is 12.2. The minimum atomic E-state index is -0.129. The molecule has 1 aliphatic heterocycles. The number of nitrogens with one attached hydrogen (secondary N) is 1. The maximum atomic E-state index is 12.2. The van der Waals surface area contributed by atoms with E-state index in [4.69, 9.17) is 4.74 Å². The van der Waals surface area contributed by atoms with E-state index >= 15 is 0 Å². The number of para-hydroxylation sites is 2. The summed E-state index contributed by atoms with van der Waals surface area (Å²) in [4.78, 5) is 27.9. The maximum Gasteiger partial charge on any atom is 0.265 e. The molecular weight excluding hydrogens is 330 g/mol. The van der Waals surface area contributed by atoms with Crippen LogP contribution in [-0.4, -0.2) is 39.1 Å². The summed E-state index contributed by atoms with van der Waals surface area (Å²) < 4.78 is 5.41. The number of carbonyl (C=O) groups is 2. The molecule has 1 heterocycles. The van der Waals surface area contributed by atoms with Crippen LogP contribution in [-0.2, 0) is 16.1 Å². The zero-order valence-corrected chi connectivity index (χ0v) is 15.1. The number of hydrogen-bond donors (Lipinski definition) is 1. The van der Waals surface area contributed by atoms with Crippen LogP contribution in [0.3, 0.4) is 0 Å². The van der Waals surface area contributed by atoms with Gasteiger partial charge in [0.2, 0.25) is 5.91 Å². The molecule has 0 aromatic heterocycles. The quantitative estimate of drug-likeness (QED) is 0.865. The number of carbonyl (C=O) groups excluding carboxylic acids is 2.